The molecule has 0 spiro atoms. The Labute approximate surface area is 126 Å². The molecular formula is C17H24FNO2. The van der Waals surface area contributed by atoms with E-state index in [-0.39, 0.29) is 11.9 Å². The molecule has 0 unspecified atom stereocenters. The minimum atomic E-state index is -0.238. The summed E-state index contributed by atoms with van der Waals surface area (Å²) in [7, 11) is 0. The zero-order chi connectivity index (χ0) is 14.7. The van der Waals surface area contributed by atoms with Crippen LogP contribution in [0, 0.1) is 5.82 Å². The Hall–Kier alpha value is -1.13. The lowest BCUT2D eigenvalue weighted by molar-refractivity contribution is -0.0412. The molecule has 3 nitrogen and oxygen atoms in total. The number of ether oxygens (including phenoxy) is 2. The predicted octanol–water partition coefficient (Wildman–Crippen LogP) is 3.24. The topological polar surface area (TPSA) is 21.7 Å². The molecule has 0 aromatic heterocycles. The molecule has 1 saturated carbocycles. The summed E-state index contributed by atoms with van der Waals surface area (Å²) in [6, 6.07) is 7.08. The number of hydrogen-bond acceptors (Lipinski definition) is 3. The zero-order valence-electron chi connectivity index (χ0n) is 12.6. The highest BCUT2D eigenvalue weighted by Gasteiger charge is 2.35. The summed E-state index contributed by atoms with van der Waals surface area (Å²) in [5.74, 6) is 0.401. The van der Waals surface area contributed by atoms with E-state index in [0.717, 1.165) is 19.7 Å². The van der Waals surface area contributed by atoms with Crippen molar-refractivity contribution in [2.45, 2.75) is 50.9 Å². The Balaban J connectivity index is 1.40. The van der Waals surface area contributed by atoms with Crippen molar-refractivity contribution in [3.8, 4) is 5.75 Å². The van der Waals surface area contributed by atoms with E-state index >= 15 is 0 Å². The van der Waals surface area contributed by atoms with Crippen LogP contribution >= 0.6 is 0 Å². The fourth-order valence-corrected chi connectivity index (χ4v) is 3.39. The Bertz CT molecular complexity index is 454. The molecule has 1 aliphatic carbocycles. The first-order chi connectivity index (χ1) is 10.2. The molecule has 0 N–H and O–H groups in total. The summed E-state index contributed by atoms with van der Waals surface area (Å²) in [6.45, 7) is 4.80. The molecule has 0 atom stereocenters. The van der Waals surface area contributed by atoms with E-state index in [1.54, 1.807) is 6.07 Å². The lowest BCUT2D eigenvalue weighted by Gasteiger charge is -2.46. The van der Waals surface area contributed by atoms with E-state index in [4.69, 9.17) is 9.47 Å². The molecule has 3 rings (SSSR count). The maximum absolute atomic E-state index is 13.1. The molecule has 1 saturated heterocycles. The molecule has 0 amide bonds. The van der Waals surface area contributed by atoms with E-state index in [0.29, 0.717) is 17.9 Å². The number of likely N-dealkylation sites (tertiary alicyclic amines) is 1. The normalized spacial score (nSPS) is 27.3. The van der Waals surface area contributed by atoms with Gasteiger partial charge < -0.3 is 9.47 Å². The predicted molar refractivity (Wildman–Crippen MR) is 80.1 cm³/mol. The molecule has 0 bridgehead atoms. The van der Waals surface area contributed by atoms with Gasteiger partial charge in [0.25, 0.3) is 0 Å². The van der Waals surface area contributed by atoms with Crippen molar-refractivity contribution in [1.29, 1.82) is 0 Å². The van der Waals surface area contributed by atoms with E-state index in [9.17, 15) is 4.39 Å². The van der Waals surface area contributed by atoms with Crippen LogP contribution in [-0.2, 0) is 4.74 Å². The molecular weight excluding hydrogens is 269 g/mol. The summed E-state index contributed by atoms with van der Waals surface area (Å²) >= 11 is 0. The van der Waals surface area contributed by atoms with Crippen LogP contribution in [0.15, 0.2) is 24.3 Å². The molecule has 1 heterocycles. The third-order valence-electron chi connectivity index (χ3n) is 4.54. The average molecular weight is 293 g/mol. The summed E-state index contributed by atoms with van der Waals surface area (Å²) < 4.78 is 24.6. The highest BCUT2D eigenvalue weighted by molar-refractivity contribution is 5.23. The molecule has 2 fully saturated rings. The second-order valence-electron chi connectivity index (χ2n) is 6.04. The number of nitrogens with zero attached hydrogens (tertiary/aromatic N) is 1. The van der Waals surface area contributed by atoms with Crippen LogP contribution in [0.2, 0.25) is 0 Å². The van der Waals surface area contributed by atoms with Crippen molar-refractivity contribution in [3.05, 3.63) is 30.1 Å². The van der Waals surface area contributed by atoms with Gasteiger partial charge in [0.05, 0.1) is 6.10 Å². The number of benzene rings is 1. The zero-order valence-corrected chi connectivity index (χ0v) is 12.6. The van der Waals surface area contributed by atoms with E-state index in [1.165, 1.54) is 37.8 Å². The van der Waals surface area contributed by atoms with Gasteiger partial charge in [0.1, 0.15) is 17.7 Å². The maximum atomic E-state index is 13.1. The lowest BCUT2D eigenvalue weighted by atomic mass is 9.90. The van der Waals surface area contributed by atoms with Gasteiger partial charge in [-0.25, -0.2) is 4.39 Å². The molecule has 0 radical (unpaired) electrons. The second kappa shape index (κ2) is 6.75. The smallest absolute Gasteiger partial charge is 0.126 e. The van der Waals surface area contributed by atoms with Crippen LogP contribution in [0.5, 0.6) is 5.75 Å². The van der Waals surface area contributed by atoms with Crippen molar-refractivity contribution in [3.63, 3.8) is 0 Å². The Morgan fingerprint density at radius 3 is 2.57 bits per heavy atom. The van der Waals surface area contributed by atoms with Crippen LogP contribution in [0.3, 0.4) is 0 Å². The summed E-state index contributed by atoms with van der Waals surface area (Å²) in [6.07, 6.45) is 5.45. The third kappa shape index (κ3) is 3.74. The lowest BCUT2D eigenvalue weighted by Crippen LogP contribution is -2.58. The third-order valence-corrected chi connectivity index (χ3v) is 4.54. The average Bonchev–Trinajstić information content (AvgIpc) is 2.44. The molecule has 1 aliphatic heterocycles. The second-order valence-corrected chi connectivity index (χ2v) is 6.04. The Kier molecular flexibility index (Phi) is 4.76. The van der Waals surface area contributed by atoms with Gasteiger partial charge in [-0.3, -0.25) is 4.90 Å². The number of hydrogen-bond donors (Lipinski definition) is 0. The molecule has 1 aromatic carbocycles. The fourth-order valence-electron chi connectivity index (χ4n) is 3.39. The van der Waals surface area contributed by atoms with Gasteiger partial charge in [0, 0.05) is 31.8 Å². The van der Waals surface area contributed by atoms with Crippen molar-refractivity contribution in [2.24, 2.45) is 0 Å². The summed E-state index contributed by atoms with van der Waals surface area (Å²) in [5, 5.41) is 0. The SMILES string of the molecule is CCOC1CCC(N2CC(Oc3cccc(F)c3)C2)CC1. The van der Waals surface area contributed by atoms with Crippen LogP contribution < -0.4 is 4.74 Å². The largest absolute Gasteiger partial charge is 0.488 e. The number of rotatable bonds is 5. The van der Waals surface area contributed by atoms with E-state index in [2.05, 4.69) is 11.8 Å². The monoisotopic (exact) mass is 293 g/mol. The first-order valence-electron chi connectivity index (χ1n) is 8.02. The first kappa shape index (κ1) is 14.8. The van der Waals surface area contributed by atoms with Gasteiger partial charge >= 0.3 is 0 Å². The van der Waals surface area contributed by atoms with Gasteiger partial charge in [0.2, 0.25) is 0 Å². The summed E-state index contributed by atoms with van der Waals surface area (Å²) in [5.41, 5.74) is 0. The first-order valence-corrected chi connectivity index (χ1v) is 8.02. The molecule has 116 valence electrons. The van der Waals surface area contributed by atoms with E-state index in [1.807, 2.05) is 6.07 Å². The maximum Gasteiger partial charge on any atom is 0.126 e. The summed E-state index contributed by atoms with van der Waals surface area (Å²) in [4.78, 5) is 2.49. The molecule has 1 aromatic rings. The van der Waals surface area contributed by atoms with Gasteiger partial charge in [0.15, 0.2) is 0 Å². The minimum absolute atomic E-state index is 0.205. The van der Waals surface area contributed by atoms with Crippen LogP contribution in [0.1, 0.15) is 32.6 Å². The van der Waals surface area contributed by atoms with Crippen molar-refractivity contribution < 1.29 is 13.9 Å². The van der Waals surface area contributed by atoms with Crippen molar-refractivity contribution >= 4 is 0 Å². The van der Waals surface area contributed by atoms with Crippen LogP contribution in [0.4, 0.5) is 4.39 Å². The van der Waals surface area contributed by atoms with E-state index < -0.39 is 0 Å². The van der Waals surface area contributed by atoms with Crippen molar-refractivity contribution in [2.75, 3.05) is 19.7 Å². The van der Waals surface area contributed by atoms with Crippen LogP contribution in [-0.4, -0.2) is 42.8 Å². The fraction of sp³-hybridized carbons (Fsp3) is 0.647. The molecule has 2 aliphatic rings. The quantitative estimate of drug-likeness (QED) is 0.832. The van der Waals surface area contributed by atoms with Gasteiger partial charge in [-0.2, -0.15) is 0 Å². The highest BCUT2D eigenvalue weighted by Crippen LogP contribution is 2.29. The van der Waals surface area contributed by atoms with Gasteiger partial charge in [-0.05, 0) is 44.7 Å². The van der Waals surface area contributed by atoms with Crippen molar-refractivity contribution in [1.82, 2.24) is 4.90 Å². The minimum Gasteiger partial charge on any atom is -0.488 e. The Morgan fingerprint density at radius 1 is 1.14 bits per heavy atom. The molecule has 4 heteroatoms. The van der Waals surface area contributed by atoms with Crippen LogP contribution in [0.25, 0.3) is 0 Å². The van der Waals surface area contributed by atoms with Gasteiger partial charge in [-0.15, -0.1) is 0 Å². The Morgan fingerprint density at radius 2 is 1.90 bits per heavy atom. The number of halogens is 1. The standard InChI is InChI=1S/C17H24FNO2/c1-2-20-15-8-6-14(7-9-15)19-11-17(12-19)21-16-5-3-4-13(18)10-16/h3-5,10,14-15,17H,2,6-9,11-12H2,1H3. The van der Waals surface area contributed by atoms with Gasteiger partial charge in [-0.1, -0.05) is 6.07 Å². The highest BCUT2D eigenvalue weighted by atomic mass is 19.1. The molecule has 21 heavy (non-hydrogen) atoms.